The van der Waals surface area contributed by atoms with Crippen LogP contribution in [0.2, 0.25) is 0 Å². The molecule has 0 aromatic rings. The van der Waals surface area contributed by atoms with E-state index < -0.39 is 0 Å². The SMILES string of the molecule is CN1CCC2(CC1)CNC(C1CCNCC13CCN(C)C3)C2. The molecule has 0 amide bonds. The maximum absolute atomic E-state index is 4.00. The summed E-state index contributed by atoms with van der Waals surface area (Å²) in [4.78, 5) is 5.07. The molecule has 126 valence electrons. The molecule has 22 heavy (non-hydrogen) atoms. The first-order valence-corrected chi connectivity index (χ1v) is 9.42. The fourth-order valence-corrected chi connectivity index (χ4v) is 5.93. The van der Waals surface area contributed by atoms with Crippen molar-refractivity contribution in [1.82, 2.24) is 20.4 Å². The molecule has 3 atom stereocenters. The monoisotopic (exact) mass is 306 g/mol. The summed E-state index contributed by atoms with van der Waals surface area (Å²) in [5.74, 6) is 0.887. The quantitative estimate of drug-likeness (QED) is 0.756. The minimum atomic E-state index is 0.543. The third-order valence-corrected chi connectivity index (χ3v) is 7.40. The minimum Gasteiger partial charge on any atom is -0.316 e. The molecule has 0 bridgehead atoms. The highest BCUT2D eigenvalue weighted by molar-refractivity contribution is 5.07. The van der Waals surface area contributed by atoms with Gasteiger partial charge in [-0.05, 0) is 83.7 Å². The number of nitrogens with zero attached hydrogens (tertiary/aromatic N) is 2. The molecule has 4 aliphatic heterocycles. The molecule has 4 saturated heterocycles. The van der Waals surface area contributed by atoms with Crippen molar-refractivity contribution in [2.24, 2.45) is 16.7 Å². The van der Waals surface area contributed by atoms with Gasteiger partial charge < -0.3 is 20.4 Å². The van der Waals surface area contributed by atoms with Crippen molar-refractivity contribution in [3.63, 3.8) is 0 Å². The molecule has 0 aromatic carbocycles. The van der Waals surface area contributed by atoms with Gasteiger partial charge in [0.1, 0.15) is 0 Å². The fraction of sp³-hybridized carbons (Fsp3) is 1.00. The van der Waals surface area contributed by atoms with Crippen LogP contribution in [0.4, 0.5) is 0 Å². The van der Waals surface area contributed by atoms with Crippen LogP contribution in [0.15, 0.2) is 0 Å². The Balaban J connectivity index is 1.47. The first-order chi connectivity index (χ1) is 10.6. The Kier molecular flexibility index (Phi) is 4.00. The molecular weight excluding hydrogens is 272 g/mol. The van der Waals surface area contributed by atoms with E-state index in [4.69, 9.17) is 0 Å². The first-order valence-electron chi connectivity index (χ1n) is 9.42. The van der Waals surface area contributed by atoms with Crippen LogP contribution in [0, 0.1) is 16.7 Å². The van der Waals surface area contributed by atoms with Crippen LogP contribution in [-0.4, -0.2) is 75.8 Å². The second kappa shape index (κ2) is 5.73. The average molecular weight is 306 g/mol. The Morgan fingerprint density at radius 1 is 0.955 bits per heavy atom. The van der Waals surface area contributed by atoms with Crippen LogP contribution < -0.4 is 10.6 Å². The van der Waals surface area contributed by atoms with E-state index in [-0.39, 0.29) is 0 Å². The summed E-state index contributed by atoms with van der Waals surface area (Å²) in [6.45, 7) is 8.95. The molecule has 0 aliphatic carbocycles. The summed E-state index contributed by atoms with van der Waals surface area (Å²) in [6.07, 6.45) is 7.03. The fourth-order valence-electron chi connectivity index (χ4n) is 5.93. The van der Waals surface area contributed by atoms with Crippen molar-refractivity contribution in [1.29, 1.82) is 0 Å². The van der Waals surface area contributed by atoms with E-state index in [0.717, 1.165) is 12.0 Å². The van der Waals surface area contributed by atoms with Gasteiger partial charge in [-0.1, -0.05) is 0 Å². The molecule has 0 saturated carbocycles. The lowest BCUT2D eigenvalue weighted by Crippen LogP contribution is -2.53. The lowest BCUT2D eigenvalue weighted by Gasteiger charge is -2.45. The van der Waals surface area contributed by atoms with Gasteiger partial charge in [-0.3, -0.25) is 0 Å². The van der Waals surface area contributed by atoms with Crippen LogP contribution in [0.5, 0.6) is 0 Å². The molecule has 0 radical (unpaired) electrons. The Bertz CT molecular complexity index is 400. The first kappa shape index (κ1) is 15.4. The standard InChI is InChI=1S/C18H34N4/c1-21-8-4-17(5-9-21)11-16(20-12-17)15-3-7-19-13-18(15)6-10-22(2)14-18/h15-16,19-20H,3-14H2,1-2H3. The molecular formula is C18H34N4. The minimum absolute atomic E-state index is 0.543. The summed E-state index contributed by atoms with van der Waals surface area (Å²) in [7, 11) is 4.59. The van der Waals surface area contributed by atoms with Crippen molar-refractivity contribution in [3.8, 4) is 0 Å². The van der Waals surface area contributed by atoms with E-state index in [2.05, 4.69) is 34.5 Å². The van der Waals surface area contributed by atoms with Crippen LogP contribution in [0.1, 0.15) is 32.1 Å². The molecule has 4 nitrogen and oxygen atoms in total. The molecule has 3 unspecified atom stereocenters. The second-order valence-electron chi connectivity index (χ2n) is 8.92. The zero-order chi connectivity index (χ0) is 15.2. The predicted octanol–water partition coefficient (Wildman–Crippen LogP) is 0.992. The van der Waals surface area contributed by atoms with Crippen LogP contribution >= 0.6 is 0 Å². The average Bonchev–Trinajstić information content (AvgIpc) is 3.09. The lowest BCUT2D eigenvalue weighted by molar-refractivity contribution is 0.0804. The van der Waals surface area contributed by atoms with Gasteiger partial charge in [0.05, 0.1) is 0 Å². The number of hydrogen-bond acceptors (Lipinski definition) is 4. The van der Waals surface area contributed by atoms with Crippen molar-refractivity contribution in [2.45, 2.75) is 38.1 Å². The summed E-state index contributed by atoms with van der Waals surface area (Å²) < 4.78 is 0. The number of piperidine rings is 2. The van der Waals surface area contributed by atoms with Gasteiger partial charge in [0.25, 0.3) is 0 Å². The van der Waals surface area contributed by atoms with Gasteiger partial charge >= 0.3 is 0 Å². The largest absolute Gasteiger partial charge is 0.316 e. The Morgan fingerprint density at radius 3 is 2.45 bits per heavy atom. The van der Waals surface area contributed by atoms with Crippen molar-refractivity contribution in [2.75, 3.05) is 59.9 Å². The summed E-state index contributed by atoms with van der Waals surface area (Å²) in [6, 6.07) is 0.775. The zero-order valence-corrected chi connectivity index (χ0v) is 14.5. The molecule has 2 N–H and O–H groups in total. The summed E-state index contributed by atoms with van der Waals surface area (Å²) >= 11 is 0. The number of hydrogen-bond donors (Lipinski definition) is 2. The molecule has 4 heteroatoms. The highest BCUT2D eigenvalue weighted by atomic mass is 15.2. The highest BCUT2D eigenvalue weighted by Gasteiger charge is 2.51. The van der Waals surface area contributed by atoms with Gasteiger partial charge in [-0.25, -0.2) is 0 Å². The van der Waals surface area contributed by atoms with E-state index in [1.54, 1.807) is 0 Å². The van der Waals surface area contributed by atoms with E-state index in [0.29, 0.717) is 10.8 Å². The number of rotatable bonds is 1. The van der Waals surface area contributed by atoms with Gasteiger partial charge in [0.2, 0.25) is 0 Å². The number of likely N-dealkylation sites (tertiary alicyclic amines) is 2. The van der Waals surface area contributed by atoms with Crippen LogP contribution in [-0.2, 0) is 0 Å². The van der Waals surface area contributed by atoms with Crippen molar-refractivity contribution >= 4 is 0 Å². The van der Waals surface area contributed by atoms with E-state index in [1.807, 2.05) is 0 Å². The predicted molar refractivity (Wildman–Crippen MR) is 91.1 cm³/mol. The van der Waals surface area contributed by atoms with Gasteiger partial charge in [0.15, 0.2) is 0 Å². The van der Waals surface area contributed by atoms with Crippen LogP contribution in [0.3, 0.4) is 0 Å². The maximum Gasteiger partial charge on any atom is 0.0108 e. The Morgan fingerprint density at radius 2 is 1.73 bits per heavy atom. The third-order valence-electron chi connectivity index (χ3n) is 7.40. The zero-order valence-electron chi connectivity index (χ0n) is 14.5. The molecule has 4 aliphatic rings. The van der Waals surface area contributed by atoms with E-state index >= 15 is 0 Å². The molecule has 4 rings (SSSR count). The third kappa shape index (κ3) is 2.62. The smallest absolute Gasteiger partial charge is 0.0108 e. The van der Waals surface area contributed by atoms with E-state index in [1.165, 1.54) is 77.9 Å². The summed E-state index contributed by atoms with van der Waals surface area (Å²) in [5, 5.41) is 7.71. The Hall–Kier alpha value is -0.160. The summed E-state index contributed by atoms with van der Waals surface area (Å²) in [5.41, 5.74) is 1.16. The van der Waals surface area contributed by atoms with Gasteiger partial charge in [0, 0.05) is 31.1 Å². The molecule has 2 spiro atoms. The maximum atomic E-state index is 4.00. The molecule has 4 heterocycles. The molecule has 4 fully saturated rings. The second-order valence-corrected chi connectivity index (χ2v) is 8.92. The van der Waals surface area contributed by atoms with Gasteiger partial charge in [-0.2, -0.15) is 0 Å². The topological polar surface area (TPSA) is 30.5 Å². The molecule has 0 aromatic heterocycles. The highest BCUT2D eigenvalue weighted by Crippen LogP contribution is 2.48. The van der Waals surface area contributed by atoms with Crippen molar-refractivity contribution in [3.05, 3.63) is 0 Å². The van der Waals surface area contributed by atoms with E-state index in [9.17, 15) is 0 Å². The number of nitrogens with one attached hydrogen (secondary N) is 2. The van der Waals surface area contributed by atoms with Crippen LogP contribution in [0.25, 0.3) is 0 Å². The van der Waals surface area contributed by atoms with Gasteiger partial charge in [-0.15, -0.1) is 0 Å². The van der Waals surface area contributed by atoms with Crippen molar-refractivity contribution < 1.29 is 0 Å². The Labute approximate surface area is 136 Å². The normalized spacial score (nSPS) is 43.4. The lowest BCUT2D eigenvalue weighted by atomic mass is 9.65.